The summed E-state index contributed by atoms with van der Waals surface area (Å²) in [5.74, 6) is 0. The van der Waals surface area contributed by atoms with Crippen molar-refractivity contribution in [2.75, 3.05) is 0 Å². The molecule has 1 aromatic rings. The van der Waals surface area contributed by atoms with Crippen LogP contribution in [0.3, 0.4) is 0 Å². The Hall–Kier alpha value is 0.876. The molecule has 0 bridgehead atoms. The molecule has 0 radical (unpaired) electrons. The van der Waals surface area contributed by atoms with Gasteiger partial charge in [0.2, 0.25) is 0 Å². The van der Waals surface area contributed by atoms with Crippen LogP contribution in [0.4, 0.5) is 0 Å². The average Bonchev–Trinajstić information content (AvgIpc) is 1.69. The molecule has 0 spiro atoms. The smallest absolute Gasteiger partial charge is 1.00 e. The zero-order valence-electron chi connectivity index (χ0n) is 5.72. The van der Waals surface area contributed by atoms with Crippen molar-refractivity contribution >= 4 is 23.1 Å². The predicted octanol–water partition coefficient (Wildman–Crippen LogP) is -4.98. The third kappa shape index (κ3) is 6.99. The molecule has 0 atom stereocenters. The van der Waals surface area contributed by atoms with Gasteiger partial charge in [-0.05, 0) is 24.6 Å². The molecule has 0 aromatic carbocycles. The fraction of sp³-hybridized carbons (Fsp3) is 0.167. The zero-order chi connectivity index (χ0) is 5.11. The number of rotatable bonds is 0. The molecule has 0 unspecified atom stereocenters. The van der Waals surface area contributed by atoms with Crippen molar-refractivity contribution in [2.45, 2.75) is 6.92 Å². The number of pyridine rings is 1. The maximum atomic E-state index is 3.85. The van der Waals surface area contributed by atoms with Gasteiger partial charge in [-0.3, -0.25) is 4.98 Å². The maximum Gasteiger partial charge on any atom is 2.00 e. The first-order chi connectivity index (χ1) is 3.39. The minimum absolute atomic E-state index is 0. The average molecular weight is 277 g/mol. The molecule has 0 aliphatic rings. The van der Waals surface area contributed by atoms with Crippen molar-refractivity contribution in [3.05, 3.63) is 30.1 Å². The number of halogens is 2. The molecule has 0 saturated carbocycles. The van der Waals surface area contributed by atoms with Crippen LogP contribution in [0, 0.1) is 6.92 Å². The zero-order valence-corrected chi connectivity index (χ0v) is 10.3. The van der Waals surface area contributed by atoms with E-state index in [1.54, 1.807) is 12.4 Å². The van der Waals surface area contributed by atoms with Gasteiger partial charge in [0, 0.05) is 12.4 Å². The van der Waals surface area contributed by atoms with Crippen LogP contribution in [0.2, 0.25) is 0 Å². The van der Waals surface area contributed by atoms with Crippen molar-refractivity contribution in [1.82, 2.24) is 4.98 Å². The Morgan fingerprint density at radius 2 is 1.50 bits per heavy atom. The van der Waals surface area contributed by atoms with Gasteiger partial charge < -0.3 is 34.0 Å². The summed E-state index contributed by atoms with van der Waals surface area (Å²) >= 11 is 0. The normalized spacial score (nSPS) is 6.10. The number of hydrogen-bond acceptors (Lipinski definition) is 1. The fourth-order valence-corrected chi connectivity index (χ4v) is 0.426. The van der Waals surface area contributed by atoms with Crippen molar-refractivity contribution in [1.29, 1.82) is 0 Å². The van der Waals surface area contributed by atoms with E-state index in [4.69, 9.17) is 0 Å². The Labute approximate surface area is 98.3 Å². The number of aromatic nitrogens is 1. The Bertz CT molecular complexity index is 146. The molecule has 0 fully saturated rings. The summed E-state index contributed by atoms with van der Waals surface area (Å²) < 4.78 is 0. The summed E-state index contributed by atoms with van der Waals surface area (Å²) in [5.41, 5.74) is 1.26. The number of aryl methyl sites for hydroxylation is 1. The van der Waals surface area contributed by atoms with Crippen LogP contribution in [0.1, 0.15) is 5.56 Å². The molecule has 1 rings (SSSR count). The molecular formula is C6H7Br2MgN. The molecule has 0 aliphatic heterocycles. The second-order valence-electron chi connectivity index (χ2n) is 1.52. The maximum absolute atomic E-state index is 3.85. The van der Waals surface area contributed by atoms with E-state index in [0.717, 1.165) is 0 Å². The van der Waals surface area contributed by atoms with E-state index >= 15 is 0 Å². The predicted molar refractivity (Wildman–Crippen MR) is 34.7 cm³/mol. The van der Waals surface area contributed by atoms with Crippen molar-refractivity contribution < 1.29 is 34.0 Å². The van der Waals surface area contributed by atoms with E-state index in [9.17, 15) is 0 Å². The van der Waals surface area contributed by atoms with Gasteiger partial charge in [0.1, 0.15) is 0 Å². The van der Waals surface area contributed by atoms with Gasteiger partial charge >= 0.3 is 23.1 Å². The summed E-state index contributed by atoms with van der Waals surface area (Å²) in [6.45, 7) is 2.04. The minimum atomic E-state index is 0. The van der Waals surface area contributed by atoms with E-state index < -0.39 is 0 Å². The van der Waals surface area contributed by atoms with E-state index in [-0.39, 0.29) is 57.0 Å². The van der Waals surface area contributed by atoms with Crippen molar-refractivity contribution in [3.63, 3.8) is 0 Å². The Morgan fingerprint density at radius 3 is 1.70 bits per heavy atom. The molecule has 1 aromatic heterocycles. The van der Waals surface area contributed by atoms with Crippen molar-refractivity contribution in [2.24, 2.45) is 0 Å². The van der Waals surface area contributed by atoms with Gasteiger partial charge in [-0.15, -0.1) is 0 Å². The SMILES string of the molecule is Cc1ccncc1.[Br-].[Br-].[Mg+2]. The summed E-state index contributed by atoms with van der Waals surface area (Å²) in [5, 5.41) is 0. The van der Waals surface area contributed by atoms with Crippen LogP contribution >= 0.6 is 0 Å². The van der Waals surface area contributed by atoms with Crippen LogP contribution < -0.4 is 34.0 Å². The van der Waals surface area contributed by atoms with E-state index in [0.29, 0.717) is 0 Å². The van der Waals surface area contributed by atoms with Gasteiger partial charge in [-0.2, -0.15) is 0 Å². The third-order valence-electron chi connectivity index (χ3n) is 0.847. The molecule has 0 N–H and O–H groups in total. The Balaban J connectivity index is -0.000000163. The summed E-state index contributed by atoms with van der Waals surface area (Å²) in [7, 11) is 0. The second kappa shape index (κ2) is 9.88. The summed E-state index contributed by atoms with van der Waals surface area (Å²) in [6, 6.07) is 3.94. The van der Waals surface area contributed by atoms with E-state index in [2.05, 4.69) is 4.98 Å². The van der Waals surface area contributed by atoms with Gasteiger partial charge in [0.15, 0.2) is 0 Å². The van der Waals surface area contributed by atoms with Gasteiger partial charge in [-0.1, -0.05) is 0 Å². The molecule has 0 aliphatic carbocycles. The number of hydrogen-bond donors (Lipinski definition) is 0. The quantitative estimate of drug-likeness (QED) is 0.433. The first kappa shape index (κ1) is 17.1. The molecule has 4 heteroatoms. The first-order valence-corrected chi connectivity index (χ1v) is 2.26. The van der Waals surface area contributed by atoms with Crippen LogP contribution in [0.5, 0.6) is 0 Å². The standard InChI is InChI=1S/C6H7N.2BrH.Mg/c1-6-2-4-7-5-3-6;;;/h2-5H,1H3;2*1H;/q;;;+2/p-2. The summed E-state index contributed by atoms with van der Waals surface area (Å²) in [6.07, 6.45) is 3.57. The molecule has 10 heavy (non-hydrogen) atoms. The fourth-order valence-electron chi connectivity index (χ4n) is 0.426. The molecule has 1 heterocycles. The minimum Gasteiger partial charge on any atom is -1.00 e. The monoisotopic (exact) mass is 275 g/mol. The van der Waals surface area contributed by atoms with Crippen LogP contribution in [-0.4, -0.2) is 28.0 Å². The second-order valence-corrected chi connectivity index (χ2v) is 1.52. The summed E-state index contributed by atoms with van der Waals surface area (Å²) in [4.78, 5) is 3.85. The molecule has 0 saturated heterocycles. The van der Waals surface area contributed by atoms with Crippen LogP contribution in [0.15, 0.2) is 24.5 Å². The topological polar surface area (TPSA) is 12.9 Å². The number of nitrogens with zero attached hydrogens (tertiary/aromatic N) is 1. The first-order valence-electron chi connectivity index (χ1n) is 2.26. The Kier molecular flexibility index (Phi) is 16.9. The van der Waals surface area contributed by atoms with Crippen molar-refractivity contribution in [3.8, 4) is 0 Å². The van der Waals surface area contributed by atoms with Gasteiger partial charge in [-0.25, -0.2) is 0 Å². The molecule has 0 amide bonds. The van der Waals surface area contributed by atoms with Crippen LogP contribution in [0.25, 0.3) is 0 Å². The molecule has 1 nitrogen and oxygen atoms in total. The van der Waals surface area contributed by atoms with E-state index in [1.807, 2.05) is 19.1 Å². The van der Waals surface area contributed by atoms with Crippen LogP contribution in [-0.2, 0) is 0 Å². The Morgan fingerprint density at radius 1 is 1.10 bits per heavy atom. The molecular weight excluding hydrogens is 270 g/mol. The van der Waals surface area contributed by atoms with Gasteiger partial charge in [0.05, 0.1) is 0 Å². The van der Waals surface area contributed by atoms with Gasteiger partial charge in [0.25, 0.3) is 0 Å². The third-order valence-corrected chi connectivity index (χ3v) is 0.847. The largest absolute Gasteiger partial charge is 2.00 e. The molecule has 52 valence electrons. The van der Waals surface area contributed by atoms with E-state index in [1.165, 1.54) is 5.56 Å².